The number of nitrogens with two attached hydrogens (primary N) is 1. The van der Waals surface area contributed by atoms with E-state index in [2.05, 4.69) is 24.3 Å². The molecule has 0 aliphatic carbocycles. The van der Waals surface area contributed by atoms with Crippen molar-refractivity contribution in [2.45, 2.75) is 13.3 Å². The second-order valence-electron chi connectivity index (χ2n) is 5.78. The summed E-state index contributed by atoms with van der Waals surface area (Å²) in [6.07, 6.45) is 0.996. The average molecular weight is 297 g/mol. The van der Waals surface area contributed by atoms with Gasteiger partial charge in [0.15, 0.2) is 0 Å². The van der Waals surface area contributed by atoms with Gasteiger partial charge in [0.05, 0.1) is 0 Å². The fourth-order valence-electron chi connectivity index (χ4n) is 2.09. The molecule has 0 saturated heterocycles. The quantitative estimate of drug-likeness (QED) is 0.834. The molecule has 2 rings (SSSR count). The highest BCUT2D eigenvalue weighted by molar-refractivity contribution is 6.04. The number of hydrogen-bond acceptors (Lipinski definition) is 3. The van der Waals surface area contributed by atoms with Gasteiger partial charge in [-0.3, -0.25) is 4.79 Å². The SMILES string of the molecule is Cc1ccc(C(=O)Nc2ccc(CCN(C)C)cc2)cc1N. The number of nitrogen functional groups attached to an aromatic ring is 1. The fraction of sp³-hybridized carbons (Fsp3) is 0.278. The molecule has 0 atom stereocenters. The van der Waals surface area contributed by atoms with Crippen molar-refractivity contribution in [3.63, 3.8) is 0 Å². The fourth-order valence-corrected chi connectivity index (χ4v) is 2.09. The van der Waals surface area contributed by atoms with Crippen LogP contribution in [0.4, 0.5) is 11.4 Å². The molecular weight excluding hydrogens is 274 g/mol. The van der Waals surface area contributed by atoms with Crippen LogP contribution < -0.4 is 11.1 Å². The van der Waals surface area contributed by atoms with Crippen LogP contribution in [0.2, 0.25) is 0 Å². The molecule has 2 aromatic rings. The Morgan fingerprint density at radius 2 is 1.82 bits per heavy atom. The molecule has 2 aromatic carbocycles. The van der Waals surface area contributed by atoms with Crippen LogP contribution in [-0.2, 0) is 6.42 Å². The number of likely N-dealkylation sites (N-methyl/N-ethyl adjacent to an activating group) is 1. The summed E-state index contributed by atoms with van der Waals surface area (Å²) >= 11 is 0. The van der Waals surface area contributed by atoms with E-state index in [-0.39, 0.29) is 5.91 Å². The number of aryl methyl sites for hydroxylation is 1. The van der Waals surface area contributed by atoms with Crippen LogP contribution >= 0.6 is 0 Å². The van der Waals surface area contributed by atoms with Crippen LogP contribution in [0.5, 0.6) is 0 Å². The van der Waals surface area contributed by atoms with Crippen LogP contribution in [0.1, 0.15) is 21.5 Å². The first-order valence-corrected chi connectivity index (χ1v) is 7.37. The zero-order valence-electron chi connectivity index (χ0n) is 13.4. The third-order valence-electron chi connectivity index (χ3n) is 3.60. The number of hydrogen-bond donors (Lipinski definition) is 2. The van der Waals surface area contributed by atoms with Gasteiger partial charge in [-0.05, 0) is 62.8 Å². The average Bonchev–Trinajstić information content (AvgIpc) is 2.49. The number of anilines is 2. The normalized spacial score (nSPS) is 10.7. The molecule has 1 amide bonds. The first-order chi connectivity index (χ1) is 10.5. The van der Waals surface area contributed by atoms with Crippen LogP contribution in [0.15, 0.2) is 42.5 Å². The molecule has 4 heteroatoms. The molecule has 0 radical (unpaired) electrons. The minimum Gasteiger partial charge on any atom is -0.398 e. The summed E-state index contributed by atoms with van der Waals surface area (Å²) < 4.78 is 0. The van der Waals surface area contributed by atoms with Gasteiger partial charge in [0.25, 0.3) is 5.91 Å². The second-order valence-corrected chi connectivity index (χ2v) is 5.78. The van der Waals surface area contributed by atoms with E-state index in [0.29, 0.717) is 11.3 Å². The second kappa shape index (κ2) is 7.09. The van der Waals surface area contributed by atoms with Gasteiger partial charge in [-0.1, -0.05) is 18.2 Å². The standard InChI is InChI=1S/C18H23N3O/c1-13-4-7-15(12-17(13)19)18(22)20-16-8-5-14(6-9-16)10-11-21(2)3/h4-9,12H,10-11,19H2,1-3H3,(H,20,22). The van der Waals surface area contributed by atoms with Crippen LogP contribution in [0, 0.1) is 6.92 Å². The predicted octanol–water partition coefficient (Wildman–Crippen LogP) is 2.93. The molecule has 0 heterocycles. The molecule has 0 saturated carbocycles. The summed E-state index contributed by atoms with van der Waals surface area (Å²) in [6, 6.07) is 13.3. The van der Waals surface area contributed by atoms with Crippen molar-refractivity contribution in [3.05, 3.63) is 59.2 Å². The third-order valence-corrected chi connectivity index (χ3v) is 3.60. The van der Waals surface area contributed by atoms with E-state index in [4.69, 9.17) is 5.73 Å². The maximum atomic E-state index is 12.2. The Hall–Kier alpha value is -2.33. The van der Waals surface area contributed by atoms with Gasteiger partial charge >= 0.3 is 0 Å². The molecule has 0 fully saturated rings. The Labute approximate surface area is 131 Å². The number of carbonyl (C=O) groups excluding carboxylic acids is 1. The Morgan fingerprint density at radius 3 is 2.41 bits per heavy atom. The maximum Gasteiger partial charge on any atom is 0.255 e. The minimum atomic E-state index is -0.146. The molecule has 0 aliphatic heterocycles. The largest absolute Gasteiger partial charge is 0.398 e. The predicted molar refractivity (Wildman–Crippen MR) is 92.2 cm³/mol. The summed E-state index contributed by atoms with van der Waals surface area (Å²) in [4.78, 5) is 14.4. The zero-order valence-corrected chi connectivity index (χ0v) is 13.4. The van der Waals surface area contributed by atoms with E-state index in [1.54, 1.807) is 12.1 Å². The highest BCUT2D eigenvalue weighted by Gasteiger charge is 2.07. The van der Waals surface area contributed by atoms with E-state index in [1.165, 1.54) is 5.56 Å². The van der Waals surface area contributed by atoms with Crippen LogP contribution in [-0.4, -0.2) is 31.4 Å². The van der Waals surface area contributed by atoms with Crippen molar-refractivity contribution in [2.24, 2.45) is 0 Å². The molecular formula is C18H23N3O. The van der Waals surface area contributed by atoms with Crippen molar-refractivity contribution in [1.29, 1.82) is 0 Å². The Kier molecular flexibility index (Phi) is 5.17. The van der Waals surface area contributed by atoms with Crippen molar-refractivity contribution in [1.82, 2.24) is 4.90 Å². The Bertz CT molecular complexity index is 648. The number of benzene rings is 2. The molecule has 0 bridgehead atoms. The summed E-state index contributed by atoms with van der Waals surface area (Å²) in [7, 11) is 4.11. The number of nitrogens with zero attached hydrogens (tertiary/aromatic N) is 1. The monoisotopic (exact) mass is 297 g/mol. The number of amides is 1. The molecule has 0 unspecified atom stereocenters. The maximum absolute atomic E-state index is 12.2. The molecule has 4 nitrogen and oxygen atoms in total. The molecule has 116 valence electrons. The van der Waals surface area contributed by atoms with Gasteiger partial charge in [-0.15, -0.1) is 0 Å². The highest BCUT2D eigenvalue weighted by Crippen LogP contribution is 2.16. The lowest BCUT2D eigenvalue weighted by Crippen LogP contribution is -2.15. The molecule has 22 heavy (non-hydrogen) atoms. The van der Waals surface area contributed by atoms with Gasteiger partial charge in [0.1, 0.15) is 0 Å². The zero-order chi connectivity index (χ0) is 16.1. The first-order valence-electron chi connectivity index (χ1n) is 7.37. The van der Waals surface area contributed by atoms with Crippen molar-refractivity contribution in [3.8, 4) is 0 Å². The molecule has 3 N–H and O–H groups in total. The number of carbonyl (C=O) groups is 1. The topological polar surface area (TPSA) is 58.4 Å². The van der Waals surface area contributed by atoms with E-state index in [1.807, 2.05) is 37.3 Å². The highest BCUT2D eigenvalue weighted by atomic mass is 16.1. The van der Waals surface area contributed by atoms with Gasteiger partial charge in [0, 0.05) is 23.5 Å². The lowest BCUT2D eigenvalue weighted by molar-refractivity contribution is 0.102. The van der Waals surface area contributed by atoms with Crippen molar-refractivity contribution in [2.75, 3.05) is 31.7 Å². The lowest BCUT2D eigenvalue weighted by Gasteiger charge is -2.10. The van der Waals surface area contributed by atoms with Crippen LogP contribution in [0.3, 0.4) is 0 Å². The van der Waals surface area contributed by atoms with Gasteiger partial charge in [-0.2, -0.15) is 0 Å². The summed E-state index contributed by atoms with van der Waals surface area (Å²) in [6.45, 7) is 2.93. The summed E-state index contributed by atoms with van der Waals surface area (Å²) in [5.41, 5.74) is 10.1. The van der Waals surface area contributed by atoms with E-state index >= 15 is 0 Å². The van der Waals surface area contributed by atoms with E-state index in [0.717, 1.165) is 24.2 Å². The molecule has 0 aromatic heterocycles. The van der Waals surface area contributed by atoms with Crippen molar-refractivity contribution >= 4 is 17.3 Å². The smallest absolute Gasteiger partial charge is 0.255 e. The van der Waals surface area contributed by atoms with E-state index in [9.17, 15) is 4.79 Å². The molecule has 0 aliphatic rings. The number of nitrogens with one attached hydrogen (secondary N) is 1. The summed E-state index contributed by atoms with van der Waals surface area (Å²) in [5, 5.41) is 2.89. The van der Waals surface area contributed by atoms with Crippen LogP contribution in [0.25, 0.3) is 0 Å². The van der Waals surface area contributed by atoms with Gasteiger partial charge in [0.2, 0.25) is 0 Å². The lowest BCUT2D eigenvalue weighted by atomic mass is 10.1. The minimum absolute atomic E-state index is 0.146. The van der Waals surface area contributed by atoms with Gasteiger partial charge < -0.3 is 16.0 Å². The van der Waals surface area contributed by atoms with Gasteiger partial charge in [-0.25, -0.2) is 0 Å². The van der Waals surface area contributed by atoms with Crippen molar-refractivity contribution < 1.29 is 4.79 Å². The Balaban J connectivity index is 2.00. The molecule has 0 spiro atoms. The van der Waals surface area contributed by atoms with E-state index < -0.39 is 0 Å². The third kappa shape index (κ3) is 4.33. The first kappa shape index (κ1) is 16.0. The number of rotatable bonds is 5. The summed E-state index contributed by atoms with van der Waals surface area (Å²) in [5.74, 6) is -0.146. The Morgan fingerprint density at radius 1 is 1.14 bits per heavy atom.